The summed E-state index contributed by atoms with van der Waals surface area (Å²) in [5.41, 5.74) is 9.95. The fraction of sp³-hybridized carbons (Fsp3) is 0.250. The smallest absolute Gasteiger partial charge is 0.0712 e. The van der Waals surface area contributed by atoms with Crippen LogP contribution in [0.3, 0.4) is 0 Å². The zero-order valence-electron chi connectivity index (χ0n) is 18.1. The molecule has 0 N–H and O–H groups in total. The molecule has 0 spiro atoms. The van der Waals surface area contributed by atoms with E-state index in [9.17, 15) is 0 Å². The van der Waals surface area contributed by atoms with Crippen molar-refractivity contribution in [3.63, 3.8) is 0 Å². The first kappa shape index (κ1) is 19.4. The second-order valence-corrected chi connectivity index (χ2v) is 9.38. The highest BCUT2D eigenvalue weighted by molar-refractivity contribution is 5.89. The molecule has 0 aliphatic rings. The van der Waals surface area contributed by atoms with E-state index in [4.69, 9.17) is 4.98 Å². The topological polar surface area (TPSA) is 12.9 Å². The Kier molecular flexibility index (Phi) is 5.00. The number of nitrogens with zero attached hydrogens (tertiary/aromatic N) is 1. The Morgan fingerprint density at radius 1 is 0.690 bits per heavy atom. The number of aromatic nitrogens is 1. The fourth-order valence-corrected chi connectivity index (χ4v) is 4.09. The first-order valence-corrected chi connectivity index (χ1v) is 10.4. The van der Waals surface area contributed by atoms with Crippen molar-refractivity contribution in [2.75, 3.05) is 0 Å². The van der Waals surface area contributed by atoms with Crippen LogP contribution in [0.2, 0.25) is 0 Å². The molecule has 1 nitrogen and oxygen atoms in total. The third-order valence-electron chi connectivity index (χ3n) is 5.24. The molecular weight excluding hydrogens is 350 g/mol. The molecule has 0 atom stereocenters. The molecule has 4 aromatic rings. The third kappa shape index (κ3) is 4.40. The van der Waals surface area contributed by atoms with Crippen molar-refractivity contribution in [1.82, 2.24) is 4.98 Å². The van der Waals surface area contributed by atoms with E-state index in [-0.39, 0.29) is 5.41 Å². The molecule has 1 aromatic heterocycles. The number of pyridine rings is 1. The van der Waals surface area contributed by atoms with E-state index >= 15 is 0 Å². The summed E-state index contributed by atoms with van der Waals surface area (Å²) in [6, 6.07) is 26.3. The van der Waals surface area contributed by atoms with Crippen molar-refractivity contribution in [2.24, 2.45) is 5.41 Å². The molecule has 0 aliphatic heterocycles. The number of fused-ring (bicyclic) bond motifs is 1. The standard InChI is InChI=1S/C28H29N/c1-19-13-20(2)15-23(14-19)27-17-24(18-28(3,4)5)25-16-22(11-12-26(25)29-27)21-9-7-6-8-10-21/h6-17H,18H2,1-5H3. The maximum atomic E-state index is 5.05. The van der Waals surface area contributed by atoms with Gasteiger partial charge in [-0.3, -0.25) is 0 Å². The molecule has 0 saturated heterocycles. The summed E-state index contributed by atoms with van der Waals surface area (Å²) < 4.78 is 0. The van der Waals surface area contributed by atoms with E-state index in [1.807, 2.05) is 0 Å². The molecule has 0 fully saturated rings. The lowest BCUT2D eigenvalue weighted by Gasteiger charge is -2.20. The van der Waals surface area contributed by atoms with Gasteiger partial charge in [0.25, 0.3) is 0 Å². The van der Waals surface area contributed by atoms with Gasteiger partial charge in [0.05, 0.1) is 11.2 Å². The average Bonchev–Trinajstić information content (AvgIpc) is 2.66. The highest BCUT2D eigenvalue weighted by Crippen LogP contribution is 2.33. The van der Waals surface area contributed by atoms with Gasteiger partial charge in [-0.2, -0.15) is 0 Å². The van der Waals surface area contributed by atoms with E-state index < -0.39 is 0 Å². The van der Waals surface area contributed by atoms with Crippen LogP contribution >= 0.6 is 0 Å². The molecule has 0 aliphatic carbocycles. The SMILES string of the molecule is Cc1cc(C)cc(-c2cc(CC(C)(C)C)c3cc(-c4ccccc4)ccc3n2)c1. The summed E-state index contributed by atoms with van der Waals surface area (Å²) in [7, 11) is 0. The first-order valence-electron chi connectivity index (χ1n) is 10.4. The molecule has 0 unspecified atom stereocenters. The maximum Gasteiger partial charge on any atom is 0.0712 e. The maximum absolute atomic E-state index is 5.05. The Labute approximate surface area is 174 Å². The average molecular weight is 380 g/mol. The zero-order valence-corrected chi connectivity index (χ0v) is 18.1. The monoisotopic (exact) mass is 379 g/mol. The summed E-state index contributed by atoms with van der Waals surface area (Å²) in [5.74, 6) is 0. The van der Waals surface area contributed by atoms with Gasteiger partial charge in [-0.15, -0.1) is 0 Å². The van der Waals surface area contributed by atoms with Crippen molar-refractivity contribution in [1.29, 1.82) is 0 Å². The Balaban J connectivity index is 1.92. The van der Waals surface area contributed by atoms with E-state index in [1.165, 1.54) is 38.8 Å². The predicted octanol–water partition coefficient (Wildman–Crippen LogP) is 7.77. The van der Waals surface area contributed by atoms with E-state index in [0.29, 0.717) is 0 Å². The Bertz CT molecular complexity index is 1140. The van der Waals surface area contributed by atoms with Gasteiger partial charge in [0.15, 0.2) is 0 Å². The summed E-state index contributed by atoms with van der Waals surface area (Å²) in [5, 5.41) is 1.26. The van der Waals surface area contributed by atoms with Crippen LogP contribution in [0.5, 0.6) is 0 Å². The Morgan fingerprint density at radius 3 is 2.03 bits per heavy atom. The van der Waals surface area contributed by atoms with Crippen LogP contribution in [0.4, 0.5) is 0 Å². The van der Waals surface area contributed by atoms with Crippen LogP contribution in [-0.2, 0) is 6.42 Å². The Hall–Kier alpha value is -2.93. The molecular formula is C28H29N. The van der Waals surface area contributed by atoms with E-state index in [2.05, 4.69) is 107 Å². The highest BCUT2D eigenvalue weighted by Gasteiger charge is 2.16. The van der Waals surface area contributed by atoms with Gasteiger partial charge in [0.2, 0.25) is 0 Å². The van der Waals surface area contributed by atoms with E-state index in [0.717, 1.165) is 17.6 Å². The quantitative estimate of drug-likeness (QED) is 0.354. The van der Waals surface area contributed by atoms with Crippen LogP contribution in [0.15, 0.2) is 72.8 Å². The van der Waals surface area contributed by atoms with Crippen molar-refractivity contribution >= 4 is 10.9 Å². The summed E-state index contributed by atoms with van der Waals surface area (Å²) in [6.07, 6.45) is 1.02. The molecule has 146 valence electrons. The highest BCUT2D eigenvalue weighted by atomic mass is 14.7. The lowest BCUT2D eigenvalue weighted by atomic mass is 9.85. The normalized spacial score (nSPS) is 11.8. The summed E-state index contributed by atoms with van der Waals surface area (Å²) in [6.45, 7) is 11.2. The van der Waals surface area contributed by atoms with Gasteiger partial charge in [-0.25, -0.2) is 4.98 Å². The van der Waals surface area contributed by atoms with Crippen LogP contribution in [0.1, 0.15) is 37.5 Å². The van der Waals surface area contributed by atoms with Gasteiger partial charge in [0.1, 0.15) is 0 Å². The predicted molar refractivity (Wildman–Crippen MR) is 125 cm³/mol. The zero-order chi connectivity index (χ0) is 20.6. The van der Waals surface area contributed by atoms with Gasteiger partial charge < -0.3 is 0 Å². The summed E-state index contributed by atoms with van der Waals surface area (Å²) in [4.78, 5) is 5.05. The number of hydrogen-bond donors (Lipinski definition) is 0. The number of aryl methyl sites for hydroxylation is 2. The van der Waals surface area contributed by atoms with Crippen molar-refractivity contribution < 1.29 is 0 Å². The molecule has 4 rings (SSSR count). The molecule has 3 aromatic carbocycles. The number of benzene rings is 3. The molecule has 0 amide bonds. The van der Waals surface area contributed by atoms with Gasteiger partial charge in [-0.1, -0.05) is 74.4 Å². The third-order valence-corrected chi connectivity index (χ3v) is 5.24. The largest absolute Gasteiger partial charge is 0.248 e. The van der Waals surface area contributed by atoms with Crippen LogP contribution < -0.4 is 0 Å². The minimum absolute atomic E-state index is 0.205. The summed E-state index contributed by atoms with van der Waals surface area (Å²) >= 11 is 0. The van der Waals surface area contributed by atoms with E-state index in [1.54, 1.807) is 0 Å². The fourth-order valence-electron chi connectivity index (χ4n) is 4.09. The Morgan fingerprint density at radius 2 is 1.38 bits per heavy atom. The van der Waals surface area contributed by atoms with Gasteiger partial charge >= 0.3 is 0 Å². The lowest BCUT2D eigenvalue weighted by molar-refractivity contribution is 0.412. The second-order valence-electron chi connectivity index (χ2n) is 9.38. The number of rotatable bonds is 3. The van der Waals surface area contributed by atoms with Crippen LogP contribution in [0.25, 0.3) is 33.3 Å². The van der Waals surface area contributed by atoms with Crippen molar-refractivity contribution in [2.45, 2.75) is 41.0 Å². The molecule has 0 bridgehead atoms. The minimum atomic E-state index is 0.205. The molecule has 1 heteroatoms. The van der Waals surface area contributed by atoms with Gasteiger partial charge in [-0.05, 0) is 72.7 Å². The minimum Gasteiger partial charge on any atom is -0.248 e. The molecule has 1 heterocycles. The lowest BCUT2D eigenvalue weighted by Crippen LogP contribution is -2.10. The molecule has 0 saturated carbocycles. The van der Waals surface area contributed by atoms with Crippen LogP contribution in [-0.4, -0.2) is 4.98 Å². The van der Waals surface area contributed by atoms with Crippen molar-refractivity contribution in [3.05, 3.63) is 89.5 Å². The number of hydrogen-bond acceptors (Lipinski definition) is 1. The van der Waals surface area contributed by atoms with Crippen molar-refractivity contribution in [3.8, 4) is 22.4 Å². The molecule has 0 radical (unpaired) electrons. The van der Waals surface area contributed by atoms with Gasteiger partial charge in [0, 0.05) is 10.9 Å². The second kappa shape index (κ2) is 7.48. The van der Waals surface area contributed by atoms with Crippen LogP contribution in [0, 0.1) is 19.3 Å². The molecule has 29 heavy (non-hydrogen) atoms. The first-order chi connectivity index (χ1) is 13.8.